The standard InChI is InChI=1S/C72H46N2/c1-6-19-48(20-7-1)67-60-42-40-53(55-43-54-38-35-50-23-18-30-63-69(50)70(54)64(46-55)72(63,56-24-10-3-11-25-56)57-26-12-4-13-27-57)45-62(60)68(49-21-8-2-9-22-49)59-41-39-52(44-61(59)67)47-33-36-51(37-34-47)71-73-65-31-16-17-32-66(65)74(71)58-28-14-5-15-29-58/h1-46H. The SMILES string of the molecule is c1ccc(-c2c3ccc(-c4cc5c6c(ccc7cccc(c76)C5(c5ccccc5)c5ccccc5)c4)cc3c(-c3ccccc3)c3ccc(-c4ccc(-c5nc6ccccc6n5-c5ccccc5)cc4)cc23)cc1. The quantitative estimate of drug-likeness (QED) is 0.110. The lowest BCUT2D eigenvalue weighted by atomic mass is 9.67. The molecule has 0 radical (unpaired) electrons. The molecule has 15 rings (SSSR count). The Morgan fingerprint density at radius 1 is 0.297 bits per heavy atom. The van der Waals surface area contributed by atoms with Gasteiger partial charge in [0.05, 0.1) is 16.4 Å². The van der Waals surface area contributed by atoms with Crippen molar-refractivity contribution in [1.29, 1.82) is 0 Å². The summed E-state index contributed by atoms with van der Waals surface area (Å²) in [6.45, 7) is 0. The first-order valence-electron chi connectivity index (χ1n) is 25.6. The van der Waals surface area contributed by atoms with Crippen molar-refractivity contribution in [1.82, 2.24) is 9.55 Å². The molecule has 0 N–H and O–H groups in total. The average Bonchev–Trinajstić information content (AvgIpc) is 4.08. The van der Waals surface area contributed by atoms with E-state index in [1.165, 1.54) is 98.7 Å². The lowest BCUT2D eigenvalue weighted by Crippen LogP contribution is -2.28. The molecule has 0 spiro atoms. The van der Waals surface area contributed by atoms with Crippen LogP contribution in [0.25, 0.3) is 116 Å². The number of fused-ring (bicyclic) bond motifs is 3. The van der Waals surface area contributed by atoms with Gasteiger partial charge in [0.15, 0.2) is 0 Å². The largest absolute Gasteiger partial charge is 0.292 e. The molecule has 0 atom stereocenters. The number of hydrogen-bond donors (Lipinski definition) is 0. The maximum absolute atomic E-state index is 5.17. The van der Waals surface area contributed by atoms with Crippen LogP contribution in [-0.4, -0.2) is 9.55 Å². The molecule has 1 aliphatic rings. The molecule has 2 heteroatoms. The smallest absolute Gasteiger partial charge is 0.145 e. The number of hydrogen-bond acceptors (Lipinski definition) is 1. The average molecular weight is 939 g/mol. The third kappa shape index (κ3) is 6.35. The zero-order valence-corrected chi connectivity index (χ0v) is 40.5. The highest BCUT2D eigenvalue weighted by Crippen LogP contribution is 2.57. The minimum Gasteiger partial charge on any atom is -0.292 e. The van der Waals surface area contributed by atoms with Gasteiger partial charge in [-0.1, -0.05) is 231 Å². The molecular weight excluding hydrogens is 893 g/mol. The first-order valence-corrected chi connectivity index (χ1v) is 25.6. The van der Waals surface area contributed by atoms with E-state index < -0.39 is 5.41 Å². The molecule has 2 nitrogen and oxygen atoms in total. The van der Waals surface area contributed by atoms with Crippen LogP contribution in [0.1, 0.15) is 22.3 Å². The van der Waals surface area contributed by atoms with Crippen molar-refractivity contribution in [2.45, 2.75) is 5.41 Å². The van der Waals surface area contributed by atoms with Crippen LogP contribution in [0.15, 0.2) is 279 Å². The zero-order chi connectivity index (χ0) is 48.7. The molecule has 1 aliphatic carbocycles. The summed E-state index contributed by atoms with van der Waals surface area (Å²) in [6, 6.07) is 103. The molecule has 0 saturated heterocycles. The van der Waals surface area contributed by atoms with Crippen LogP contribution in [0, 0.1) is 0 Å². The zero-order valence-electron chi connectivity index (χ0n) is 40.5. The first kappa shape index (κ1) is 42.1. The summed E-state index contributed by atoms with van der Waals surface area (Å²) in [7, 11) is 0. The van der Waals surface area contributed by atoms with Gasteiger partial charge in [-0.3, -0.25) is 4.57 Å². The van der Waals surface area contributed by atoms with Crippen LogP contribution in [0.2, 0.25) is 0 Å². The van der Waals surface area contributed by atoms with Crippen molar-refractivity contribution in [3.05, 3.63) is 301 Å². The molecule has 0 aliphatic heterocycles. The Labute approximate surface area is 429 Å². The van der Waals surface area contributed by atoms with Crippen molar-refractivity contribution in [2.24, 2.45) is 0 Å². The van der Waals surface area contributed by atoms with Crippen molar-refractivity contribution in [3.63, 3.8) is 0 Å². The van der Waals surface area contributed by atoms with E-state index in [-0.39, 0.29) is 0 Å². The van der Waals surface area contributed by atoms with Gasteiger partial charge in [0.1, 0.15) is 5.82 Å². The molecule has 0 saturated carbocycles. The fraction of sp³-hybridized carbons (Fsp3) is 0.0139. The van der Waals surface area contributed by atoms with Gasteiger partial charge in [-0.05, 0) is 158 Å². The molecule has 0 fully saturated rings. The van der Waals surface area contributed by atoms with E-state index in [1.807, 2.05) is 0 Å². The molecule has 344 valence electrons. The van der Waals surface area contributed by atoms with Gasteiger partial charge in [-0.15, -0.1) is 0 Å². The Hall–Kier alpha value is -9.63. The van der Waals surface area contributed by atoms with Gasteiger partial charge in [0.25, 0.3) is 0 Å². The summed E-state index contributed by atoms with van der Waals surface area (Å²) in [5.41, 5.74) is 18.5. The number of para-hydroxylation sites is 3. The molecule has 14 aromatic rings. The third-order valence-electron chi connectivity index (χ3n) is 15.8. The number of benzene rings is 13. The molecule has 1 aromatic heterocycles. The number of aromatic nitrogens is 2. The summed E-state index contributed by atoms with van der Waals surface area (Å²) >= 11 is 0. The van der Waals surface area contributed by atoms with Gasteiger partial charge in [-0.25, -0.2) is 4.98 Å². The van der Waals surface area contributed by atoms with Crippen molar-refractivity contribution < 1.29 is 0 Å². The van der Waals surface area contributed by atoms with Crippen LogP contribution in [0.3, 0.4) is 0 Å². The van der Waals surface area contributed by atoms with Gasteiger partial charge in [0.2, 0.25) is 0 Å². The Morgan fingerprint density at radius 3 is 1.42 bits per heavy atom. The maximum Gasteiger partial charge on any atom is 0.145 e. The Morgan fingerprint density at radius 2 is 0.797 bits per heavy atom. The van der Waals surface area contributed by atoms with E-state index in [2.05, 4.69) is 284 Å². The Balaban J connectivity index is 0.939. The minimum absolute atomic E-state index is 0.500. The molecule has 74 heavy (non-hydrogen) atoms. The first-order chi connectivity index (χ1) is 36.7. The predicted molar refractivity (Wildman–Crippen MR) is 310 cm³/mol. The van der Waals surface area contributed by atoms with Crippen LogP contribution in [0.5, 0.6) is 0 Å². The summed E-state index contributed by atoms with van der Waals surface area (Å²) in [4.78, 5) is 5.17. The highest BCUT2D eigenvalue weighted by Gasteiger charge is 2.45. The summed E-state index contributed by atoms with van der Waals surface area (Å²) in [6.07, 6.45) is 0. The molecule has 0 unspecified atom stereocenters. The Kier molecular flexibility index (Phi) is 9.52. The van der Waals surface area contributed by atoms with Gasteiger partial charge >= 0.3 is 0 Å². The lowest BCUT2D eigenvalue weighted by Gasteiger charge is -2.34. The number of imidazole rings is 1. The van der Waals surface area contributed by atoms with Crippen LogP contribution in [-0.2, 0) is 5.41 Å². The molecular formula is C72H46N2. The maximum atomic E-state index is 5.17. The highest BCUT2D eigenvalue weighted by molar-refractivity contribution is 6.23. The molecule has 13 aromatic carbocycles. The van der Waals surface area contributed by atoms with E-state index in [0.29, 0.717) is 0 Å². The second kappa shape index (κ2) is 16.7. The molecule has 0 amide bonds. The predicted octanol–water partition coefficient (Wildman–Crippen LogP) is 18.7. The van der Waals surface area contributed by atoms with Crippen LogP contribution >= 0.6 is 0 Å². The van der Waals surface area contributed by atoms with Gasteiger partial charge in [-0.2, -0.15) is 0 Å². The van der Waals surface area contributed by atoms with Crippen LogP contribution < -0.4 is 0 Å². The van der Waals surface area contributed by atoms with E-state index in [0.717, 1.165) is 39.2 Å². The van der Waals surface area contributed by atoms with E-state index in [1.54, 1.807) is 0 Å². The van der Waals surface area contributed by atoms with E-state index in [4.69, 9.17) is 4.98 Å². The summed E-state index contributed by atoms with van der Waals surface area (Å²) < 4.78 is 2.27. The molecule has 0 bridgehead atoms. The second-order valence-corrected chi connectivity index (χ2v) is 19.7. The number of rotatable bonds is 8. The third-order valence-corrected chi connectivity index (χ3v) is 15.8. The lowest BCUT2D eigenvalue weighted by molar-refractivity contribution is 0.771. The highest BCUT2D eigenvalue weighted by atomic mass is 15.1. The fourth-order valence-electron chi connectivity index (χ4n) is 12.6. The summed E-state index contributed by atoms with van der Waals surface area (Å²) in [5.74, 6) is 0.925. The second-order valence-electron chi connectivity index (χ2n) is 19.7. The molecule has 1 heterocycles. The van der Waals surface area contributed by atoms with E-state index in [9.17, 15) is 0 Å². The van der Waals surface area contributed by atoms with Gasteiger partial charge in [0, 0.05) is 11.3 Å². The fourth-order valence-corrected chi connectivity index (χ4v) is 12.6. The van der Waals surface area contributed by atoms with Gasteiger partial charge < -0.3 is 0 Å². The van der Waals surface area contributed by atoms with Crippen LogP contribution in [0.4, 0.5) is 0 Å². The topological polar surface area (TPSA) is 17.8 Å². The normalized spacial score (nSPS) is 12.7. The van der Waals surface area contributed by atoms with Crippen molar-refractivity contribution in [3.8, 4) is 61.6 Å². The number of nitrogens with zero attached hydrogens (tertiary/aromatic N) is 2. The Bertz CT molecular complexity index is 4440. The monoisotopic (exact) mass is 938 g/mol. The van der Waals surface area contributed by atoms with E-state index >= 15 is 0 Å². The van der Waals surface area contributed by atoms with Crippen molar-refractivity contribution in [2.75, 3.05) is 0 Å². The minimum atomic E-state index is -0.500. The summed E-state index contributed by atoms with van der Waals surface area (Å²) in [5, 5.41) is 10.1. The van der Waals surface area contributed by atoms with Crippen molar-refractivity contribution >= 4 is 54.1 Å².